The third kappa shape index (κ3) is 4.13. The van der Waals surface area contributed by atoms with Crippen LogP contribution in [0, 0.1) is 0 Å². The van der Waals surface area contributed by atoms with Gasteiger partial charge in [-0.2, -0.15) is 0 Å². The zero-order valence-corrected chi connectivity index (χ0v) is 10.6. The van der Waals surface area contributed by atoms with E-state index < -0.39 is 5.97 Å². The molecule has 0 aliphatic carbocycles. The monoisotopic (exact) mass is 255 g/mol. The van der Waals surface area contributed by atoms with E-state index in [0.29, 0.717) is 6.54 Å². The predicted octanol–water partition coefficient (Wildman–Crippen LogP) is -0.957. The van der Waals surface area contributed by atoms with Crippen LogP contribution in [0.2, 0.25) is 0 Å². The van der Waals surface area contributed by atoms with Crippen molar-refractivity contribution in [1.29, 1.82) is 0 Å². The van der Waals surface area contributed by atoms with E-state index in [1.807, 2.05) is 25.9 Å². The topological polar surface area (TPSA) is 100 Å². The molecule has 1 aromatic heterocycles. The van der Waals surface area contributed by atoms with Crippen LogP contribution in [-0.4, -0.2) is 63.6 Å². The standard InChI is InChI=1S/C10H17N5O3/c1-7(14(2)3)4-11-9(16)6-15-5-8(10(17)18)12-13-15/h5,7H,4,6H2,1-3H3,(H,11,16)(H,17,18). The molecule has 0 fully saturated rings. The maximum Gasteiger partial charge on any atom is 0.358 e. The fourth-order valence-corrected chi connectivity index (χ4v) is 1.12. The SMILES string of the molecule is CC(CNC(=O)Cn1cc(C(=O)O)nn1)N(C)C. The van der Waals surface area contributed by atoms with Gasteiger partial charge in [0.05, 0.1) is 6.20 Å². The van der Waals surface area contributed by atoms with Crippen molar-refractivity contribution in [3.8, 4) is 0 Å². The number of hydrogen-bond acceptors (Lipinski definition) is 5. The zero-order chi connectivity index (χ0) is 13.7. The van der Waals surface area contributed by atoms with Gasteiger partial charge in [-0.05, 0) is 21.0 Å². The number of hydrogen-bond donors (Lipinski definition) is 2. The number of carboxylic acid groups (broad SMARTS) is 1. The number of aromatic nitrogens is 3. The Hall–Kier alpha value is -1.96. The van der Waals surface area contributed by atoms with Crippen LogP contribution in [0.4, 0.5) is 0 Å². The Morgan fingerprint density at radius 1 is 1.56 bits per heavy atom. The van der Waals surface area contributed by atoms with E-state index in [2.05, 4.69) is 15.6 Å². The molecule has 1 amide bonds. The van der Waals surface area contributed by atoms with E-state index in [0.717, 1.165) is 0 Å². The van der Waals surface area contributed by atoms with Crippen LogP contribution in [0.25, 0.3) is 0 Å². The second kappa shape index (κ2) is 6.10. The third-order valence-electron chi connectivity index (χ3n) is 2.54. The lowest BCUT2D eigenvalue weighted by atomic mass is 10.3. The van der Waals surface area contributed by atoms with Crippen LogP contribution >= 0.6 is 0 Å². The van der Waals surface area contributed by atoms with E-state index in [4.69, 9.17) is 5.11 Å². The fraction of sp³-hybridized carbons (Fsp3) is 0.600. The van der Waals surface area contributed by atoms with Gasteiger partial charge in [0.15, 0.2) is 5.69 Å². The number of aromatic carboxylic acids is 1. The van der Waals surface area contributed by atoms with Crippen molar-refractivity contribution in [2.45, 2.75) is 19.5 Å². The summed E-state index contributed by atoms with van der Waals surface area (Å²) in [6.07, 6.45) is 1.22. The first-order valence-electron chi connectivity index (χ1n) is 5.46. The van der Waals surface area contributed by atoms with Crippen LogP contribution in [-0.2, 0) is 11.3 Å². The number of amides is 1. The molecule has 1 heterocycles. The molecule has 0 aliphatic rings. The second-order valence-electron chi connectivity index (χ2n) is 4.22. The van der Waals surface area contributed by atoms with Crippen molar-refractivity contribution >= 4 is 11.9 Å². The summed E-state index contributed by atoms with van der Waals surface area (Å²) in [5.74, 6) is -1.39. The van der Waals surface area contributed by atoms with E-state index in [-0.39, 0.29) is 24.2 Å². The highest BCUT2D eigenvalue weighted by atomic mass is 16.4. The van der Waals surface area contributed by atoms with Crippen molar-refractivity contribution in [3.05, 3.63) is 11.9 Å². The minimum absolute atomic E-state index is 0.0412. The van der Waals surface area contributed by atoms with Gasteiger partial charge in [0.1, 0.15) is 6.54 Å². The molecule has 0 saturated carbocycles. The van der Waals surface area contributed by atoms with Crippen molar-refractivity contribution in [1.82, 2.24) is 25.2 Å². The molecule has 0 bridgehead atoms. The smallest absolute Gasteiger partial charge is 0.358 e. The van der Waals surface area contributed by atoms with Crippen LogP contribution in [0.1, 0.15) is 17.4 Å². The Morgan fingerprint density at radius 3 is 2.72 bits per heavy atom. The predicted molar refractivity (Wildman–Crippen MR) is 63.1 cm³/mol. The number of nitrogens with zero attached hydrogens (tertiary/aromatic N) is 4. The number of likely N-dealkylation sites (N-methyl/N-ethyl adjacent to an activating group) is 1. The summed E-state index contributed by atoms with van der Waals surface area (Å²) in [6.45, 7) is 2.46. The van der Waals surface area contributed by atoms with Crippen LogP contribution < -0.4 is 5.32 Å². The quantitative estimate of drug-likeness (QED) is 0.679. The lowest BCUT2D eigenvalue weighted by Crippen LogP contribution is -2.39. The van der Waals surface area contributed by atoms with Crippen molar-refractivity contribution in [3.63, 3.8) is 0 Å². The van der Waals surface area contributed by atoms with E-state index in [1.165, 1.54) is 10.9 Å². The molecule has 0 spiro atoms. The van der Waals surface area contributed by atoms with Gasteiger partial charge in [0.2, 0.25) is 5.91 Å². The van der Waals surface area contributed by atoms with Gasteiger partial charge in [-0.25, -0.2) is 9.48 Å². The molecule has 1 rings (SSSR count). The molecule has 0 aliphatic heterocycles. The summed E-state index contributed by atoms with van der Waals surface area (Å²) < 4.78 is 1.19. The van der Waals surface area contributed by atoms with Gasteiger partial charge in [0, 0.05) is 12.6 Å². The maximum atomic E-state index is 11.6. The average molecular weight is 255 g/mol. The lowest BCUT2D eigenvalue weighted by Gasteiger charge is -2.19. The molecule has 0 aromatic carbocycles. The summed E-state index contributed by atoms with van der Waals surface area (Å²) in [6, 6.07) is 0.222. The minimum Gasteiger partial charge on any atom is -0.476 e. The fourth-order valence-electron chi connectivity index (χ4n) is 1.12. The Labute approximate surface area is 105 Å². The molecule has 8 nitrogen and oxygen atoms in total. The molecule has 8 heteroatoms. The Bertz CT molecular complexity index is 429. The lowest BCUT2D eigenvalue weighted by molar-refractivity contribution is -0.122. The zero-order valence-electron chi connectivity index (χ0n) is 10.6. The largest absolute Gasteiger partial charge is 0.476 e. The first kappa shape index (κ1) is 14.1. The van der Waals surface area contributed by atoms with Crippen molar-refractivity contribution in [2.24, 2.45) is 0 Å². The van der Waals surface area contributed by atoms with E-state index in [1.54, 1.807) is 0 Å². The molecule has 1 aromatic rings. The Balaban J connectivity index is 2.42. The van der Waals surface area contributed by atoms with Crippen LogP contribution in [0.5, 0.6) is 0 Å². The van der Waals surface area contributed by atoms with Crippen LogP contribution in [0.15, 0.2) is 6.20 Å². The van der Waals surface area contributed by atoms with E-state index >= 15 is 0 Å². The summed E-state index contributed by atoms with van der Waals surface area (Å²) in [7, 11) is 3.85. The van der Waals surface area contributed by atoms with Crippen molar-refractivity contribution < 1.29 is 14.7 Å². The van der Waals surface area contributed by atoms with Gasteiger partial charge in [-0.15, -0.1) is 5.10 Å². The highest BCUT2D eigenvalue weighted by molar-refractivity contribution is 5.84. The molecule has 2 N–H and O–H groups in total. The Morgan fingerprint density at radius 2 is 2.22 bits per heavy atom. The molecule has 100 valence electrons. The number of carbonyl (C=O) groups is 2. The number of rotatable bonds is 6. The van der Waals surface area contributed by atoms with Gasteiger partial charge >= 0.3 is 5.97 Å². The number of carbonyl (C=O) groups excluding carboxylic acids is 1. The highest BCUT2D eigenvalue weighted by Crippen LogP contribution is 1.93. The summed E-state index contributed by atoms with van der Waals surface area (Å²) >= 11 is 0. The highest BCUT2D eigenvalue weighted by Gasteiger charge is 2.11. The molecular weight excluding hydrogens is 238 g/mol. The molecule has 1 atom stereocenters. The maximum absolute atomic E-state index is 11.6. The van der Waals surface area contributed by atoms with Gasteiger partial charge in [-0.3, -0.25) is 4.79 Å². The molecule has 0 saturated heterocycles. The van der Waals surface area contributed by atoms with Crippen LogP contribution in [0.3, 0.4) is 0 Å². The molecule has 1 unspecified atom stereocenters. The normalized spacial score (nSPS) is 12.4. The molecular formula is C10H17N5O3. The first-order chi connectivity index (χ1) is 8.40. The molecule has 18 heavy (non-hydrogen) atoms. The van der Waals surface area contributed by atoms with Gasteiger partial charge < -0.3 is 15.3 Å². The number of carboxylic acids is 1. The van der Waals surface area contributed by atoms with Crippen molar-refractivity contribution in [2.75, 3.05) is 20.6 Å². The minimum atomic E-state index is -1.16. The van der Waals surface area contributed by atoms with Gasteiger partial charge in [0.25, 0.3) is 0 Å². The first-order valence-corrected chi connectivity index (χ1v) is 5.46. The second-order valence-corrected chi connectivity index (χ2v) is 4.22. The van der Waals surface area contributed by atoms with Gasteiger partial charge in [-0.1, -0.05) is 5.21 Å². The van der Waals surface area contributed by atoms with E-state index in [9.17, 15) is 9.59 Å². The molecule has 0 radical (unpaired) electrons. The average Bonchev–Trinajstić information content (AvgIpc) is 2.74. The summed E-state index contributed by atoms with van der Waals surface area (Å²) in [5.41, 5.74) is -0.176. The summed E-state index contributed by atoms with van der Waals surface area (Å²) in [5, 5.41) is 18.4. The number of nitrogens with one attached hydrogen (secondary N) is 1. The Kier molecular flexibility index (Phi) is 4.78. The third-order valence-corrected chi connectivity index (χ3v) is 2.54. The summed E-state index contributed by atoms with van der Waals surface area (Å²) in [4.78, 5) is 24.1.